The molecule has 0 radical (unpaired) electrons. The van der Waals surface area contributed by atoms with E-state index in [1.165, 1.54) is 28.1 Å². The molecule has 0 amide bonds. The Morgan fingerprint density at radius 2 is 2.09 bits per heavy atom. The maximum atomic E-state index is 5.15. The van der Waals surface area contributed by atoms with Crippen molar-refractivity contribution in [1.82, 2.24) is 9.88 Å². The first-order valence-corrected chi connectivity index (χ1v) is 8.53. The number of aromatic nitrogens is 1. The molecule has 5 rings (SSSR count). The smallest absolute Gasteiger partial charge is 0.0671 e. The van der Waals surface area contributed by atoms with Crippen LogP contribution in [0, 0.1) is 0 Å². The lowest BCUT2D eigenvalue weighted by atomic mass is 9.62. The van der Waals surface area contributed by atoms with Gasteiger partial charge in [-0.2, -0.15) is 0 Å². The number of nitrogens with zero attached hydrogens (tertiary/aromatic N) is 3. The average molecular weight is 303 g/mol. The number of rotatable bonds is 0. The van der Waals surface area contributed by atoms with Gasteiger partial charge in [0, 0.05) is 23.5 Å². The van der Waals surface area contributed by atoms with Gasteiger partial charge in [-0.05, 0) is 61.2 Å². The van der Waals surface area contributed by atoms with Gasteiger partial charge >= 0.3 is 0 Å². The fourth-order valence-corrected chi connectivity index (χ4v) is 5.08. The van der Waals surface area contributed by atoms with Gasteiger partial charge in [0.1, 0.15) is 0 Å². The number of hydrogen-bond acceptors (Lipinski definition) is 3. The molecule has 0 saturated carbocycles. The molecule has 3 nitrogen and oxygen atoms in total. The Bertz CT molecular complexity index is 825. The van der Waals surface area contributed by atoms with E-state index in [1.54, 1.807) is 0 Å². The first-order valence-electron chi connectivity index (χ1n) is 8.53. The number of likely N-dealkylation sites (tertiary alicyclic amines) is 1. The van der Waals surface area contributed by atoms with Gasteiger partial charge in [-0.25, -0.2) is 0 Å². The monoisotopic (exact) mass is 303 g/mol. The SMILES string of the molecule is C[C@@H]1c2cnccc2C[C@@H]2C3=Nc4ccccc4[C@@]31CCN2C. The highest BCUT2D eigenvalue weighted by atomic mass is 15.2. The minimum atomic E-state index is 0.0576. The maximum Gasteiger partial charge on any atom is 0.0671 e. The summed E-state index contributed by atoms with van der Waals surface area (Å²) in [6.45, 7) is 3.51. The predicted molar refractivity (Wildman–Crippen MR) is 92.6 cm³/mol. The van der Waals surface area contributed by atoms with Gasteiger partial charge in [0.15, 0.2) is 0 Å². The number of hydrogen-bond donors (Lipinski definition) is 0. The molecule has 2 aromatic rings. The summed E-state index contributed by atoms with van der Waals surface area (Å²) in [4.78, 5) is 12.1. The molecule has 0 unspecified atom stereocenters. The van der Waals surface area contributed by atoms with Crippen molar-refractivity contribution >= 4 is 11.4 Å². The summed E-state index contributed by atoms with van der Waals surface area (Å²) in [6.07, 6.45) is 6.22. The van der Waals surface area contributed by atoms with E-state index in [1.807, 2.05) is 6.20 Å². The molecule has 1 aliphatic carbocycles. The molecule has 3 aliphatic rings. The van der Waals surface area contributed by atoms with Crippen LogP contribution >= 0.6 is 0 Å². The molecule has 0 spiro atoms. The molecule has 3 heterocycles. The third-order valence-electron chi connectivity index (χ3n) is 6.35. The second kappa shape index (κ2) is 4.51. The zero-order valence-corrected chi connectivity index (χ0v) is 13.7. The summed E-state index contributed by atoms with van der Waals surface area (Å²) < 4.78 is 0. The van der Waals surface area contributed by atoms with Crippen LogP contribution in [0.25, 0.3) is 0 Å². The lowest BCUT2D eigenvalue weighted by Gasteiger charge is -2.46. The van der Waals surface area contributed by atoms with E-state index in [0.717, 1.165) is 19.4 Å². The predicted octanol–water partition coefficient (Wildman–Crippen LogP) is 3.47. The van der Waals surface area contributed by atoms with Crippen molar-refractivity contribution in [3.05, 3.63) is 59.4 Å². The highest BCUT2D eigenvalue weighted by molar-refractivity contribution is 6.07. The summed E-state index contributed by atoms with van der Waals surface area (Å²) in [7, 11) is 2.25. The first-order chi connectivity index (χ1) is 11.2. The summed E-state index contributed by atoms with van der Waals surface area (Å²) in [5, 5.41) is 0. The third kappa shape index (κ3) is 1.58. The molecule has 1 saturated heterocycles. The fourth-order valence-electron chi connectivity index (χ4n) is 5.08. The van der Waals surface area contributed by atoms with Crippen molar-refractivity contribution in [1.29, 1.82) is 0 Å². The quantitative estimate of drug-likeness (QED) is 0.745. The van der Waals surface area contributed by atoms with Gasteiger partial charge in [-0.3, -0.25) is 14.9 Å². The van der Waals surface area contributed by atoms with Crippen molar-refractivity contribution < 1.29 is 0 Å². The second-order valence-electron chi connectivity index (χ2n) is 7.23. The molecule has 2 bridgehead atoms. The van der Waals surface area contributed by atoms with Crippen molar-refractivity contribution in [3.63, 3.8) is 0 Å². The fraction of sp³-hybridized carbons (Fsp3) is 0.400. The van der Waals surface area contributed by atoms with E-state index >= 15 is 0 Å². The van der Waals surface area contributed by atoms with Crippen LogP contribution in [0.15, 0.2) is 47.7 Å². The van der Waals surface area contributed by atoms with E-state index in [-0.39, 0.29) is 5.41 Å². The van der Waals surface area contributed by atoms with Crippen LogP contribution in [-0.4, -0.2) is 35.2 Å². The zero-order valence-electron chi connectivity index (χ0n) is 13.7. The molecule has 2 aliphatic heterocycles. The van der Waals surface area contributed by atoms with Gasteiger partial charge in [0.05, 0.1) is 11.7 Å². The van der Waals surface area contributed by atoms with Crippen LogP contribution in [-0.2, 0) is 11.8 Å². The lowest BCUT2D eigenvalue weighted by molar-refractivity contribution is 0.229. The standard InChI is InChI=1S/C20H21N3/c1-13-15-12-21-9-7-14(15)11-18-19-20(13,8-10-23(18)2)16-5-3-4-6-17(16)22-19/h3-7,9,12-13,18H,8,10-11H2,1-2H3/t13-,18-,20+/m1/s1. The van der Waals surface area contributed by atoms with Crippen LogP contribution in [0.1, 0.15) is 36.0 Å². The third-order valence-corrected chi connectivity index (χ3v) is 6.35. The van der Waals surface area contributed by atoms with Crippen molar-refractivity contribution in [3.8, 4) is 0 Å². The number of fused-ring (bicyclic) bond motifs is 2. The molecule has 23 heavy (non-hydrogen) atoms. The molecule has 1 aromatic carbocycles. The highest BCUT2D eigenvalue weighted by Crippen LogP contribution is 2.55. The molecular weight excluding hydrogens is 282 g/mol. The Morgan fingerprint density at radius 1 is 1.22 bits per heavy atom. The summed E-state index contributed by atoms with van der Waals surface area (Å²) in [5.41, 5.74) is 6.91. The Labute approximate surface area is 137 Å². The molecule has 3 atom stereocenters. The molecular formula is C20H21N3. The molecule has 0 N–H and O–H groups in total. The first kappa shape index (κ1) is 13.4. The van der Waals surface area contributed by atoms with E-state index in [0.29, 0.717) is 12.0 Å². The number of pyridine rings is 1. The van der Waals surface area contributed by atoms with Crippen LogP contribution in [0.2, 0.25) is 0 Å². The minimum Gasteiger partial charge on any atom is -0.298 e. The molecule has 1 fully saturated rings. The van der Waals surface area contributed by atoms with E-state index in [2.05, 4.69) is 60.4 Å². The summed E-state index contributed by atoms with van der Waals surface area (Å²) >= 11 is 0. The molecule has 3 heteroatoms. The number of piperidine rings is 1. The van der Waals surface area contributed by atoms with Crippen LogP contribution in [0.3, 0.4) is 0 Å². The van der Waals surface area contributed by atoms with E-state index < -0.39 is 0 Å². The number of likely N-dealkylation sites (N-methyl/N-ethyl adjacent to an activating group) is 1. The van der Waals surface area contributed by atoms with Crippen molar-refractivity contribution in [2.24, 2.45) is 4.99 Å². The lowest BCUT2D eigenvalue weighted by Crippen LogP contribution is -2.55. The van der Waals surface area contributed by atoms with E-state index in [4.69, 9.17) is 4.99 Å². The average Bonchev–Trinajstić information content (AvgIpc) is 2.90. The molecule has 1 aromatic heterocycles. The van der Waals surface area contributed by atoms with Gasteiger partial charge < -0.3 is 0 Å². The maximum absolute atomic E-state index is 5.15. The minimum absolute atomic E-state index is 0.0576. The molecule has 116 valence electrons. The van der Waals surface area contributed by atoms with Gasteiger partial charge in [0.2, 0.25) is 0 Å². The van der Waals surface area contributed by atoms with Crippen LogP contribution in [0.4, 0.5) is 5.69 Å². The largest absolute Gasteiger partial charge is 0.298 e. The Kier molecular flexibility index (Phi) is 2.64. The van der Waals surface area contributed by atoms with Crippen LogP contribution in [0.5, 0.6) is 0 Å². The zero-order chi connectivity index (χ0) is 15.6. The van der Waals surface area contributed by atoms with Gasteiger partial charge in [-0.15, -0.1) is 0 Å². The normalized spacial score (nSPS) is 31.7. The number of para-hydroxylation sites is 1. The Hall–Kier alpha value is -2.00. The number of aliphatic imine (C=N–C) groups is 1. The van der Waals surface area contributed by atoms with E-state index in [9.17, 15) is 0 Å². The topological polar surface area (TPSA) is 28.5 Å². The summed E-state index contributed by atoms with van der Waals surface area (Å²) in [6, 6.07) is 11.4. The van der Waals surface area contributed by atoms with Crippen LogP contribution < -0.4 is 0 Å². The summed E-state index contributed by atoms with van der Waals surface area (Å²) in [5.74, 6) is 0.423. The Morgan fingerprint density at radius 3 is 3.00 bits per heavy atom. The second-order valence-corrected chi connectivity index (χ2v) is 7.23. The van der Waals surface area contributed by atoms with Crippen molar-refractivity contribution in [2.45, 2.75) is 37.1 Å². The highest BCUT2D eigenvalue weighted by Gasteiger charge is 2.55. The van der Waals surface area contributed by atoms with Gasteiger partial charge in [-0.1, -0.05) is 25.1 Å². The Balaban J connectivity index is 1.82. The van der Waals surface area contributed by atoms with Crippen molar-refractivity contribution in [2.75, 3.05) is 13.6 Å². The number of benzene rings is 1. The van der Waals surface area contributed by atoms with Gasteiger partial charge in [0.25, 0.3) is 0 Å².